The molecule has 2 saturated heterocycles. The van der Waals surface area contributed by atoms with E-state index in [9.17, 15) is 9.90 Å². The van der Waals surface area contributed by atoms with Gasteiger partial charge in [-0.25, -0.2) is 0 Å². The lowest BCUT2D eigenvalue weighted by Gasteiger charge is -2.52. The van der Waals surface area contributed by atoms with E-state index in [0.29, 0.717) is 12.5 Å². The SMILES string of the molecule is CC1CN(CC2C(=O)O[C@@H]3CC4=CCC[C@@H](C)[C@@]4(C)[C@@H](O)[C@H]23)CC(C)O1. The lowest BCUT2D eigenvalue weighted by atomic mass is 9.55. The van der Waals surface area contributed by atoms with Crippen LogP contribution in [0.15, 0.2) is 11.6 Å². The van der Waals surface area contributed by atoms with Crippen LogP contribution in [0.5, 0.6) is 0 Å². The highest BCUT2D eigenvalue weighted by Gasteiger charge is 2.59. The largest absolute Gasteiger partial charge is 0.461 e. The van der Waals surface area contributed by atoms with Gasteiger partial charge in [0.25, 0.3) is 0 Å². The molecule has 0 spiro atoms. The standard InChI is InChI=1S/C21H33NO4/c1-12-6-5-7-15-8-17-18(19(23)21(12,15)4)16(20(24)26-17)11-22-9-13(2)25-14(3)10-22/h7,12-14,16-19,23H,5-6,8-11H2,1-4H3/t12-,13?,14?,16?,17-,18-,19+,21-/m1/s1. The zero-order valence-corrected chi connectivity index (χ0v) is 16.5. The van der Waals surface area contributed by atoms with E-state index in [2.05, 4.69) is 38.7 Å². The third kappa shape index (κ3) is 2.83. The molecular weight excluding hydrogens is 330 g/mol. The van der Waals surface area contributed by atoms with Gasteiger partial charge in [0.1, 0.15) is 6.10 Å². The minimum Gasteiger partial charge on any atom is -0.461 e. The minimum absolute atomic E-state index is 0.0985. The molecule has 2 aliphatic heterocycles. The van der Waals surface area contributed by atoms with Crippen molar-refractivity contribution < 1.29 is 19.4 Å². The van der Waals surface area contributed by atoms with Crippen LogP contribution in [0.25, 0.3) is 0 Å². The highest BCUT2D eigenvalue weighted by atomic mass is 16.6. The number of morpholine rings is 1. The molecule has 4 rings (SSSR count). The highest BCUT2D eigenvalue weighted by Crippen LogP contribution is 2.56. The van der Waals surface area contributed by atoms with Crippen LogP contribution in [0, 0.1) is 23.2 Å². The van der Waals surface area contributed by atoms with Crippen molar-refractivity contribution in [3.05, 3.63) is 11.6 Å². The summed E-state index contributed by atoms with van der Waals surface area (Å²) in [7, 11) is 0. The first-order valence-corrected chi connectivity index (χ1v) is 10.3. The Morgan fingerprint density at radius 2 is 1.96 bits per heavy atom. The number of ether oxygens (including phenoxy) is 2. The van der Waals surface area contributed by atoms with E-state index in [4.69, 9.17) is 9.47 Å². The molecule has 146 valence electrons. The van der Waals surface area contributed by atoms with Gasteiger partial charge in [-0.1, -0.05) is 25.5 Å². The van der Waals surface area contributed by atoms with E-state index < -0.39 is 6.10 Å². The Morgan fingerprint density at radius 3 is 2.65 bits per heavy atom. The van der Waals surface area contributed by atoms with Crippen molar-refractivity contribution in [3.8, 4) is 0 Å². The summed E-state index contributed by atoms with van der Waals surface area (Å²) in [5.41, 5.74) is 1.07. The van der Waals surface area contributed by atoms with Crippen molar-refractivity contribution >= 4 is 5.97 Å². The number of rotatable bonds is 2. The van der Waals surface area contributed by atoms with E-state index in [1.807, 2.05) is 0 Å². The van der Waals surface area contributed by atoms with Crippen LogP contribution >= 0.6 is 0 Å². The Bertz CT molecular complexity index is 595. The third-order valence-electron chi connectivity index (χ3n) is 7.52. The van der Waals surface area contributed by atoms with Crippen molar-refractivity contribution in [1.82, 2.24) is 4.90 Å². The minimum atomic E-state index is -0.518. The second kappa shape index (κ2) is 6.61. The monoisotopic (exact) mass is 363 g/mol. The van der Waals surface area contributed by atoms with Crippen molar-refractivity contribution in [1.29, 1.82) is 0 Å². The number of hydrogen-bond donors (Lipinski definition) is 1. The van der Waals surface area contributed by atoms with Gasteiger partial charge in [-0.2, -0.15) is 0 Å². The van der Waals surface area contributed by atoms with Crippen molar-refractivity contribution in [2.75, 3.05) is 19.6 Å². The van der Waals surface area contributed by atoms with Crippen molar-refractivity contribution in [2.45, 2.75) is 71.4 Å². The first-order chi connectivity index (χ1) is 12.3. The van der Waals surface area contributed by atoms with Gasteiger partial charge < -0.3 is 14.6 Å². The number of esters is 1. The van der Waals surface area contributed by atoms with Gasteiger partial charge in [0.2, 0.25) is 0 Å². The van der Waals surface area contributed by atoms with E-state index in [1.54, 1.807) is 0 Å². The summed E-state index contributed by atoms with van der Waals surface area (Å²) in [5, 5.41) is 11.4. The maximum Gasteiger partial charge on any atom is 0.311 e. The van der Waals surface area contributed by atoms with Crippen LogP contribution in [-0.2, 0) is 14.3 Å². The molecule has 0 aromatic carbocycles. The molecule has 5 nitrogen and oxygen atoms in total. The number of hydrogen-bond acceptors (Lipinski definition) is 5. The summed E-state index contributed by atoms with van der Waals surface area (Å²) in [6.45, 7) is 10.9. The summed E-state index contributed by atoms with van der Waals surface area (Å²) in [6.07, 6.45) is 4.91. The Labute approximate surface area is 156 Å². The molecule has 0 bridgehead atoms. The van der Waals surface area contributed by atoms with E-state index >= 15 is 0 Å². The molecule has 2 heterocycles. The lowest BCUT2D eigenvalue weighted by molar-refractivity contribution is -0.145. The van der Waals surface area contributed by atoms with Crippen LogP contribution in [0.1, 0.15) is 47.0 Å². The van der Waals surface area contributed by atoms with E-state index in [0.717, 1.165) is 32.4 Å². The maximum absolute atomic E-state index is 12.7. The lowest BCUT2D eigenvalue weighted by Crippen LogP contribution is -2.55. The Balaban J connectivity index is 1.57. The molecule has 0 aromatic heterocycles. The van der Waals surface area contributed by atoms with Gasteiger partial charge in [-0.05, 0) is 32.6 Å². The molecule has 1 N–H and O–H groups in total. The number of aliphatic hydroxyl groups excluding tert-OH is 1. The van der Waals surface area contributed by atoms with Gasteiger partial charge in [0.05, 0.1) is 24.2 Å². The Hall–Kier alpha value is -0.910. The molecule has 0 amide bonds. The van der Waals surface area contributed by atoms with Crippen LogP contribution in [0.4, 0.5) is 0 Å². The topological polar surface area (TPSA) is 59.0 Å². The number of nitrogens with zero attached hydrogens (tertiary/aromatic N) is 1. The number of allylic oxidation sites excluding steroid dienone is 1. The Kier molecular flexibility index (Phi) is 4.69. The summed E-state index contributed by atoms with van der Waals surface area (Å²) in [4.78, 5) is 15.0. The number of carbonyl (C=O) groups is 1. The van der Waals surface area contributed by atoms with Gasteiger partial charge in [0.15, 0.2) is 0 Å². The molecule has 3 fully saturated rings. The van der Waals surface area contributed by atoms with Crippen LogP contribution in [0.3, 0.4) is 0 Å². The fourth-order valence-corrected chi connectivity index (χ4v) is 5.99. The normalized spacial score (nSPS) is 49.2. The molecular formula is C21H33NO4. The van der Waals surface area contributed by atoms with E-state index in [1.165, 1.54) is 5.57 Å². The number of carbonyl (C=O) groups excluding carboxylic acids is 1. The number of aliphatic hydroxyl groups is 1. The van der Waals surface area contributed by atoms with Gasteiger partial charge in [0, 0.05) is 37.4 Å². The second-order valence-electron chi connectivity index (χ2n) is 9.27. The molecule has 26 heavy (non-hydrogen) atoms. The summed E-state index contributed by atoms with van der Waals surface area (Å²) in [5.74, 6) is -0.0294. The molecule has 0 radical (unpaired) electrons. The van der Waals surface area contributed by atoms with Gasteiger partial charge in [-0.15, -0.1) is 0 Å². The zero-order chi connectivity index (χ0) is 18.6. The van der Waals surface area contributed by atoms with Gasteiger partial charge >= 0.3 is 5.97 Å². The predicted molar refractivity (Wildman–Crippen MR) is 98.5 cm³/mol. The number of fused-ring (bicyclic) bond motifs is 2. The average Bonchev–Trinajstić information content (AvgIpc) is 2.85. The zero-order valence-electron chi connectivity index (χ0n) is 16.5. The van der Waals surface area contributed by atoms with E-state index in [-0.39, 0.29) is 41.5 Å². The molecule has 2 aliphatic carbocycles. The van der Waals surface area contributed by atoms with Gasteiger partial charge in [-0.3, -0.25) is 9.69 Å². The fourth-order valence-electron chi connectivity index (χ4n) is 5.99. The molecule has 4 aliphatic rings. The summed E-state index contributed by atoms with van der Waals surface area (Å²) in [6, 6.07) is 0. The first-order valence-electron chi connectivity index (χ1n) is 10.3. The van der Waals surface area contributed by atoms with Crippen molar-refractivity contribution in [3.63, 3.8) is 0 Å². The fraction of sp³-hybridized carbons (Fsp3) is 0.857. The van der Waals surface area contributed by atoms with Crippen molar-refractivity contribution in [2.24, 2.45) is 23.2 Å². The maximum atomic E-state index is 12.7. The first kappa shape index (κ1) is 18.5. The smallest absolute Gasteiger partial charge is 0.311 e. The Morgan fingerprint density at radius 1 is 1.27 bits per heavy atom. The van der Waals surface area contributed by atoms with Crippen LogP contribution in [0.2, 0.25) is 0 Å². The molecule has 5 heteroatoms. The quantitative estimate of drug-likeness (QED) is 0.603. The molecule has 1 saturated carbocycles. The summed E-state index contributed by atoms with van der Waals surface area (Å²) < 4.78 is 11.6. The molecule has 0 aromatic rings. The predicted octanol–water partition coefficient (Wildman–Crippen LogP) is 2.38. The summed E-state index contributed by atoms with van der Waals surface area (Å²) >= 11 is 0. The van der Waals surface area contributed by atoms with Crippen LogP contribution < -0.4 is 0 Å². The third-order valence-corrected chi connectivity index (χ3v) is 7.52. The highest BCUT2D eigenvalue weighted by molar-refractivity contribution is 5.76. The average molecular weight is 363 g/mol. The second-order valence-corrected chi connectivity index (χ2v) is 9.27. The molecule has 3 unspecified atom stereocenters. The van der Waals surface area contributed by atoms with Crippen LogP contribution in [-0.4, -0.2) is 60.0 Å². The molecule has 8 atom stereocenters.